The molecule has 6 nitrogen and oxygen atoms in total. The van der Waals surface area contributed by atoms with Gasteiger partial charge >= 0.3 is 0 Å². The minimum Gasteiger partial charge on any atom is -0.461 e. The topological polar surface area (TPSA) is 73.0 Å². The number of hydrogen-bond donors (Lipinski definition) is 1. The third kappa shape index (κ3) is 4.18. The summed E-state index contributed by atoms with van der Waals surface area (Å²) in [4.78, 5) is 12.4. The molecule has 1 N–H and O–H groups in total. The fourth-order valence-corrected chi connectivity index (χ4v) is 3.46. The number of anilines is 1. The lowest BCUT2D eigenvalue weighted by atomic mass is 10.3. The molecular formula is C16H14Cl2N4O2S. The van der Waals surface area contributed by atoms with Crippen molar-refractivity contribution < 1.29 is 9.21 Å². The summed E-state index contributed by atoms with van der Waals surface area (Å²) in [5.74, 6) is 1.03. The predicted octanol–water partition coefficient (Wildman–Crippen LogP) is 4.50. The fraction of sp³-hybridized carbons (Fsp3) is 0.188. The van der Waals surface area contributed by atoms with Crippen LogP contribution in [-0.4, -0.2) is 25.9 Å². The second kappa shape index (κ2) is 7.51. The fourth-order valence-electron chi connectivity index (χ4n) is 2.12. The maximum atomic E-state index is 12.4. The van der Waals surface area contributed by atoms with E-state index in [2.05, 4.69) is 15.5 Å². The molecule has 9 heteroatoms. The highest BCUT2D eigenvalue weighted by Gasteiger charge is 2.20. The Kier molecular flexibility index (Phi) is 5.36. The van der Waals surface area contributed by atoms with Crippen molar-refractivity contribution in [1.82, 2.24) is 14.8 Å². The Hall–Kier alpha value is -1.96. The van der Waals surface area contributed by atoms with Gasteiger partial charge in [-0.15, -0.1) is 10.2 Å². The van der Waals surface area contributed by atoms with Crippen molar-refractivity contribution in [3.63, 3.8) is 0 Å². The third-order valence-electron chi connectivity index (χ3n) is 3.36. The van der Waals surface area contributed by atoms with Crippen LogP contribution in [0.3, 0.4) is 0 Å². The van der Waals surface area contributed by atoms with Gasteiger partial charge in [-0.1, -0.05) is 35.0 Å². The first kappa shape index (κ1) is 17.8. The van der Waals surface area contributed by atoms with Crippen LogP contribution in [0, 0.1) is 0 Å². The highest BCUT2D eigenvalue weighted by atomic mass is 35.5. The SMILES string of the molecule is C[C@@H](Sc1nnc(-c2ccco2)n1C)C(=O)Nc1cc(Cl)cc(Cl)c1. The molecule has 3 aromatic rings. The Morgan fingerprint density at radius 1 is 1.28 bits per heavy atom. The van der Waals surface area contributed by atoms with E-state index in [1.165, 1.54) is 11.8 Å². The molecule has 0 aliphatic rings. The number of furan rings is 1. The van der Waals surface area contributed by atoms with Gasteiger partial charge in [0, 0.05) is 22.8 Å². The van der Waals surface area contributed by atoms with Crippen LogP contribution in [0.5, 0.6) is 0 Å². The summed E-state index contributed by atoms with van der Waals surface area (Å²) in [6.07, 6.45) is 1.57. The predicted molar refractivity (Wildman–Crippen MR) is 99.1 cm³/mol. The van der Waals surface area contributed by atoms with Crippen molar-refractivity contribution in [2.75, 3.05) is 5.32 Å². The van der Waals surface area contributed by atoms with Gasteiger partial charge in [0.2, 0.25) is 5.91 Å². The highest BCUT2D eigenvalue weighted by molar-refractivity contribution is 8.00. The minimum absolute atomic E-state index is 0.189. The Morgan fingerprint density at radius 2 is 2.00 bits per heavy atom. The van der Waals surface area contributed by atoms with Gasteiger partial charge in [0.1, 0.15) is 0 Å². The van der Waals surface area contributed by atoms with Gasteiger partial charge in [-0.25, -0.2) is 0 Å². The molecule has 2 heterocycles. The molecule has 1 aromatic carbocycles. The van der Waals surface area contributed by atoms with Crippen LogP contribution in [0.25, 0.3) is 11.6 Å². The maximum absolute atomic E-state index is 12.4. The van der Waals surface area contributed by atoms with Gasteiger partial charge in [-0.3, -0.25) is 4.79 Å². The standard InChI is InChI=1S/C16H14Cl2N4O2S/c1-9(15(23)19-12-7-10(17)6-11(18)8-12)25-16-21-20-14(22(16)2)13-4-3-5-24-13/h3-9H,1-2H3,(H,19,23)/t9-/m1/s1. The number of nitrogens with zero attached hydrogens (tertiary/aromatic N) is 3. The first-order valence-corrected chi connectivity index (χ1v) is 8.94. The number of amides is 1. The minimum atomic E-state index is -0.398. The smallest absolute Gasteiger partial charge is 0.237 e. The van der Waals surface area contributed by atoms with E-state index in [1.807, 2.05) is 7.05 Å². The van der Waals surface area contributed by atoms with E-state index in [1.54, 1.807) is 48.1 Å². The molecule has 0 bridgehead atoms. The molecule has 0 spiro atoms. The van der Waals surface area contributed by atoms with Gasteiger partial charge in [-0.05, 0) is 37.3 Å². The molecular weight excluding hydrogens is 383 g/mol. The largest absolute Gasteiger partial charge is 0.461 e. The molecule has 25 heavy (non-hydrogen) atoms. The molecule has 130 valence electrons. The summed E-state index contributed by atoms with van der Waals surface area (Å²) in [6, 6.07) is 8.47. The first-order valence-electron chi connectivity index (χ1n) is 7.31. The van der Waals surface area contributed by atoms with Gasteiger partial charge in [0.15, 0.2) is 16.7 Å². The van der Waals surface area contributed by atoms with Crippen LogP contribution in [0.4, 0.5) is 5.69 Å². The summed E-state index contributed by atoms with van der Waals surface area (Å²) in [5.41, 5.74) is 0.546. The maximum Gasteiger partial charge on any atom is 0.237 e. The number of nitrogens with one attached hydrogen (secondary N) is 1. The number of rotatable bonds is 5. The van der Waals surface area contributed by atoms with Gasteiger partial charge in [0.25, 0.3) is 0 Å². The lowest BCUT2D eigenvalue weighted by molar-refractivity contribution is -0.115. The molecule has 0 fully saturated rings. The molecule has 0 radical (unpaired) electrons. The molecule has 0 saturated carbocycles. The van der Waals surface area contributed by atoms with E-state index in [4.69, 9.17) is 27.6 Å². The summed E-state index contributed by atoms with van der Waals surface area (Å²) >= 11 is 13.2. The molecule has 1 atom stereocenters. The zero-order valence-electron chi connectivity index (χ0n) is 13.4. The number of aromatic nitrogens is 3. The molecule has 0 aliphatic carbocycles. The highest BCUT2D eigenvalue weighted by Crippen LogP contribution is 2.27. The van der Waals surface area contributed by atoms with E-state index in [0.29, 0.717) is 32.5 Å². The van der Waals surface area contributed by atoms with Crippen molar-refractivity contribution in [3.05, 3.63) is 46.6 Å². The van der Waals surface area contributed by atoms with Crippen LogP contribution in [-0.2, 0) is 11.8 Å². The van der Waals surface area contributed by atoms with Crippen LogP contribution >= 0.6 is 35.0 Å². The van der Waals surface area contributed by atoms with Crippen molar-refractivity contribution in [2.45, 2.75) is 17.3 Å². The number of thioether (sulfide) groups is 1. The molecule has 3 rings (SSSR count). The Labute approximate surface area is 158 Å². The molecule has 0 aliphatic heterocycles. The van der Waals surface area contributed by atoms with Crippen molar-refractivity contribution in [3.8, 4) is 11.6 Å². The zero-order valence-corrected chi connectivity index (χ0v) is 15.7. The third-order valence-corrected chi connectivity index (χ3v) is 4.93. The Balaban J connectivity index is 1.69. The summed E-state index contributed by atoms with van der Waals surface area (Å²) < 4.78 is 7.11. The normalized spacial score (nSPS) is 12.2. The van der Waals surface area contributed by atoms with E-state index >= 15 is 0 Å². The Bertz CT molecular complexity index is 875. The van der Waals surface area contributed by atoms with Crippen molar-refractivity contribution in [2.24, 2.45) is 7.05 Å². The van der Waals surface area contributed by atoms with Crippen molar-refractivity contribution in [1.29, 1.82) is 0 Å². The van der Waals surface area contributed by atoms with Gasteiger partial charge < -0.3 is 14.3 Å². The Morgan fingerprint density at radius 3 is 2.64 bits per heavy atom. The number of benzene rings is 1. The van der Waals surface area contributed by atoms with Gasteiger partial charge in [0.05, 0.1) is 11.5 Å². The lowest BCUT2D eigenvalue weighted by Gasteiger charge is -2.12. The second-order valence-electron chi connectivity index (χ2n) is 5.25. The van der Waals surface area contributed by atoms with Crippen LogP contribution in [0.1, 0.15) is 6.92 Å². The molecule has 1 amide bonds. The number of carbonyl (C=O) groups excluding carboxylic acids is 1. The monoisotopic (exact) mass is 396 g/mol. The molecule has 0 unspecified atom stereocenters. The van der Waals surface area contributed by atoms with E-state index in [0.717, 1.165) is 0 Å². The van der Waals surface area contributed by atoms with E-state index < -0.39 is 5.25 Å². The average molecular weight is 397 g/mol. The van der Waals surface area contributed by atoms with E-state index in [-0.39, 0.29) is 5.91 Å². The summed E-state index contributed by atoms with van der Waals surface area (Å²) in [7, 11) is 1.82. The van der Waals surface area contributed by atoms with Crippen LogP contribution < -0.4 is 5.32 Å². The van der Waals surface area contributed by atoms with E-state index in [9.17, 15) is 4.79 Å². The van der Waals surface area contributed by atoms with Crippen LogP contribution in [0.15, 0.2) is 46.2 Å². The van der Waals surface area contributed by atoms with Crippen molar-refractivity contribution >= 4 is 46.6 Å². The van der Waals surface area contributed by atoms with Gasteiger partial charge in [-0.2, -0.15) is 0 Å². The summed E-state index contributed by atoms with van der Waals surface area (Å²) in [5, 5.41) is 12.2. The number of halogens is 2. The number of hydrogen-bond acceptors (Lipinski definition) is 5. The average Bonchev–Trinajstić information content (AvgIpc) is 3.17. The summed E-state index contributed by atoms with van der Waals surface area (Å²) in [6.45, 7) is 1.79. The quantitative estimate of drug-likeness (QED) is 0.642. The number of carbonyl (C=O) groups is 1. The molecule has 0 saturated heterocycles. The molecule has 2 aromatic heterocycles. The first-order chi connectivity index (χ1) is 11.9. The zero-order chi connectivity index (χ0) is 18.0. The lowest BCUT2D eigenvalue weighted by Crippen LogP contribution is -2.22. The second-order valence-corrected chi connectivity index (χ2v) is 7.43. The van der Waals surface area contributed by atoms with Crippen LogP contribution in [0.2, 0.25) is 10.0 Å².